The molecule has 0 aromatic heterocycles. The Morgan fingerprint density at radius 2 is 1.60 bits per heavy atom. The average Bonchev–Trinajstić information content (AvgIpc) is 1.54. The van der Waals surface area contributed by atoms with E-state index in [0.29, 0.717) is 0 Å². The topological polar surface area (TPSA) is 26.0 Å². The third-order valence-corrected chi connectivity index (χ3v) is 1.53. The van der Waals surface area contributed by atoms with Crippen molar-refractivity contribution in [3.05, 3.63) is 29.7 Å². The lowest BCUT2D eigenvalue weighted by Crippen LogP contribution is -2.33. The fourth-order valence-corrected chi connectivity index (χ4v) is 1.47. The lowest BCUT2D eigenvalue weighted by molar-refractivity contribution is 0.714. The molecule has 0 aliphatic heterocycles. The maximum absolute atomic E-state index is 5.89. The molecule has 0 aromatic carbocycles. The first-order valence-electron chi connectivity index (χ1n) is 3.52. The van der Waals surface area contributed by atoms with Crippen LogP contribution in [0.15, 0.2) is 23.3 Å². The molecular formula is C9H14N. The molecule has 2 N–H and O–H groups in total. The van der Waals surface area contributed by atoms with Gasteiger partial charge in [0.25, 0.3) is 0 Å². The molecule has 1 radical (unpaired) electrons. The summed E-state index contributed by atoms with van der Waals surface area (Å²) in [7, 11) is 0. The Hall–Kier alpha value is -0.560. The van der Waals surface area contributed by atoms with Crippen molar-refractivity contribution < 1.29 is 0 Å². The highest BCUT2D eigenvalue weighted by atomic mass is 14.7. The Bertz CT molecular complexity index is 177. The molecule has 1 rings (SSSR count). The zero-order chi connectivity index (χ0) is 7.78. The molecule has 1 aliphatic carbocycles. The van der Waals surface area contributed by atoms with Gasteiger partial charge >= 0.3 is 0 Å². The van der Waals surface area contributed by atoms with Crippen LogP contribution in [-0.4, -0.2) is 5.54 Å². The Labute approximate surface area is 62.6 Å². The highest BCUT2D eigenvalue weighted by Gasteiger charge is 2.16. The average molecular weight is 136 g/mol. The van der Waals surface area contributed by atoms with Crippen LogP contribution in [0, 0.1) is 6.42 Å². The van der Waals surface area contributed by atoms with Gasteiger partial charge in [0.2, 0.25) is 0 Å². The molecule has 0 atom stereocenters. The Balaban J connectivity index is 2.88. The molecule has 0 amide bonds. The summed E-state index contributed by atoms with van der Waals surface area (Å²) in [5.41, 5.74) is 8.16. The number of rotatable bonds is 0. The predicted octanol–water partition coefficient (Wildman–Crippen LogP) is 1.81. The summed E-state index contributed by atoms with van der Waals surface area (Å²) in [6.07, 6.45) is 6.27. The first-order valence-corrected chi connectivity index (χ1v) is 3.52. The van der Waals surface area contributed by atoms with E-state index in [1.807, 2.05) is 6.92 Å². The van der Waals surface area contributed by atoms with Crippen molar-refractivity contribution in [3.8, 4) is 0 Å². The van der Waals surface area contributed by atoms with Crippen molar-refractivity contribution in [3.63, 3.8) is 0 Å². The zero-order valence-electron chi connectivity index (χ0n) is 6.81. The fraction of sp³-hybridized carbons (Fsp3) is 0.444. The SMILES string of the molecule is CC1=CC(C)(N)C=C(C)[CH]1. The van der Waals surface area contributed by atoms with E-state index in [9.17, 15) is 0 Å². The van der Waals surface area contributed by atoms with Crippen molar-refractivity contribution in [1.29, 1.82) is 0 Å². The van der Waals surface area contributed by atoms with Crippen molar-refractivity contribution in [1.82, 2.24) is 0 Å². The van der Waals surface area contributed by atoms with E-state index in [-0.39, 0.29) is 5.54 Å². The zero-order valence-corrected chi connectivity index (χ0v) is 6.81. The van der Waals surface area contributed by atoms with Crippen LogP contribution >= 0.6 is 0 Å². The monoisotopic (exact) mass is 136 g/mol. The fourth-order valence-electron chi connectivity index (χ4n) is 1.47. The van der Waals surface area contributed by atoms with Gasteiger partial charge in [0, 0.05) is 6.42 Å². The van der Waals surface area contributed by atoms with Gasteiger partial charge in [0.1, 0.15) is 0 Å². The maximum Gasteiger partial charge on any atom is 0.0501 e. The molecule has 1 heteroatoms. The van der Waals surface area contributed by atoms with Gasteiger partial charge in [-0.25, -0.2) is 0 Å². The molecule has 0 saturated heterocycles. The van der Waals surface area contributed by atoms with Crippen LogP contribution in [0.25, 0.3) is 0 Å². The largest absolute Gasteiger partial charge is 0.319 e. The second kappa shape index (κ2) is 2.24. The van der Waals surface area contributed by atoms with Gasteiger partial charge in [0.15, 0.2) is 0 Å². The van der Waals surface area contributed by atoms with E-state index in [0.717, 1.165) is 0 Å². The second-order valence-electron chi connectivity index (χ2n) is 3.29. The van der Waals surface area contributed by atoms with Gasteiger partial charge in [0.05, 0.1) is 5.54 Å². The third-order valence-electron chi connectivity index (χ3n) is 1.53. The van der Waals surface area contributed by atoms with Crippen LogP contribution in [0.3, 0.4) is 0 Å². The van der Waals surface area contributed by atoms with Crippen molar-refractivity contribution >= 4 is 0 Å². The standard InChI is InChI=1S/C9H14N/c1-7-4-8(2)6-9(3,10)5-7/h4-6H,10H2,1-3H3. The van der Waals surface area contributed by atoms with Gasteiger partial charge in [-0.1, -0.05) is 23.3 Å². The molecule has 0 aromatic rings. The number of nitrogens with two attached hydrogens (primary N) is 1. The normalized spacial score (nSPS) is 23.6. The van der Waals surface area contributed by atoms with E-state index in [1.165, 1.54) is 11.1 Å². The first kappa shape index (κ1) is 7.55. The molecule has 1 nitrogen and oxygen atoms in total. The Morgan fingerprint density at radius 3 is 1.90 bits per heavy atom. The molecule has 0 unspecified atom stereocenters. The van der Waals surface area contributed by atoms with Crippen LogP contribution in [0.2, 0.25) is 0 Å². The summed E-state index contributed by atoms with van der Waals surface area (Å²) in [6, 6.07) is 0. The second-order valence-corrected chi connectivity index (χ2v) is 3.29. The van der Waals surface area contributed by atoms with Crippen LogP contribution in [0.4, 0.5) is 0 Å². The van der Waals surface area contributed by atoms with E-state index in [1.54, 1.807) is 0 Å². The quantitative estimate of drug-likeness (QED) is 0.540. The van der Waals surface area contributed by atoms with Crippen molar-refractivity contribution in [2.75, 3.05) is 0 Å². The highest BCUT2D eigenvalue weighted by Crippen LogP contribution is 2.21. The molecule has 0 saturated carbocycles. The van der Waals surface area contributed by atoms with E-state index in [2.05, 4.69) is 32.4 Å². The van der Waals surface area contributed by atoms with Crippen molar-refractivity contribution in [2.24, 2.45) is 5.73 Å². The molecule has 0 bridgehead atoms. The molecule has 10 heavy (non-hydrogen) atoms. The van der Waals surface area contributed by atoms with E-state index >= 15 is 0 Å². The minimum absolute atomic E-state index is 0.233. The van der Waals surface area contributed by atoms with Crippen molar-refractivity contribution in [2.45, 2.75) is 26.3 Å². The third kappa shape index (κ3) is 1.71. The molecule has 0 heterocycles. The van der Waals surface area contributed by atoms with Crippen LogP contribution in [0.5, 0.6) is 0 Å². The number of allylic oxidation sites excluding steroid dienone is 2. The smallest absolute Gasteiger partial charge is 0.0501 e. The summed E-state index contributed by atoms with van der Waals surface area (Å²) in [5, 5.41) is 0. The summed E-state index contributed by atoms with van der Waals surface area (Å²) in [6.45, 7) is 6.15. The van der Waals surface area contributed by atoms with Gasteiger partial charge in [-0.15, -0.1) is 0 Å². The molecule has 1 aliphatic rings. The first-order chi connectivity index (χ1) is 4.49. The Morgan fingerprint density at radius 1 is 1.20 bits per heavy atom. The highest BCUT2D eigenvalue weighted by molar-refractivity contribution is 5.38. The maximum atomic E-state index is 5.89. The summed E-state index contributed by atoms with van der Waals surface area (Å²) in [4.78, 5) is 0. The number of hydrogen-bond donors (Lipinski definition) is 1. The summed E-state index contributed by atoms with van der Waals surface area (Å²) in [5.74, 6) is 0. The molecular weight excluding hydrogens is 122 g/mol. The summed E-state index contributed by atoms with van der Waals surface area (Å²) < 4.78 is 0. The number of hydrogen-bond acceptors (Lipinski definition) is 1. The van der Waals surface area contributed by atoms with E-state index < -0.39 is 0 Å². The lowest BCUT2D eigenvalue weighted by Gasteiger charge is -2.22. The lowest BCUT2D eigenvalue weighted by atomic mass is 9.89. The molecule has 55 valence electrons. The van der Waals surface area contributed by atoms with Crippen LogP contribution < -0.4 is 5.73 Å². The van der Waals surface area contributed by atoms with Crippen LogP contribution in [0.1, 0.15) is 20.8 Å². The summed E-state index contributed by atoms with van der Waals surface area (Å²) >= 11 is 0. The minimum atomic E-state index is -0.233. The van der Waals surface area contributed by atoms with Crippen LogP contribution in [-0.2, 0) is 0 Å². The molecule has 0 spiro atoms. The van der Waals surface area contributed by atoms with Gasteiger partial charge < -0.3 is 5.73 Å². The van der Waals surface area contributed by atoms with Gasteiger partial charge in [-0.05, 0) is 20.8 Å². The van der Waals surface area contributed by atoms with Gasteiger partial charge in [-0.3, -0.25) is 0 Å². The molecule has 0 fully saturated rings. The Kier molecular flexibility index (Phi) is 1.69. The van der Waals surface area contributed by atoms with Gasteiger partial charge in [-0.2, -0.15) is 0 Å². The minimum Gasteiger partial charge on any atom is -0.319 e. The predicted molar refractivity (Wildman–Crippen MR) is 44.4 cm³/mol. The van der Waals surface area contributed by atoms with E-state index in [4.69, 9.17) is 5.73 Å².